The number of carbonyl (C=O) groups is 1. The Bertz CT molecular complexity index is 310. The Hall–Kier alpha value is -1.23. The van der Waals surface area contributed by atoms with E-state index in [1.807, 2.05) is 0 Å². The van der Waals surface area contributed by atoms with Gasteiger partial charge in [-0.15, -0.1) is 0 Å². The first-order valence-electron chi connectivity index (χ1n) is 4.70. The van der Waals surface area contributed by atoms with Gasteiger partial charge in [-0.25, -0.2) is 0 Å². The van der Waals surface area contributed by atoms with Crippen LogP contribution in [0, 0.1) is 0 Å². The Labute approximate surface area is 87.8 Å². The molecule has 0 saturated heterocycles. The number of aliphatic hydroxyl groups excluding tert-OH is 3. The summed E-state index contributed by atoms with van der Waals surface area (Å²) in [5.74, 6) is -0.254. The zero-order valence-electron chi connectivity index (χ0n) is 8.21. The number of Topliss-reactive ketones (excluding diaryl/α,β-unsaturated/α-hetero) is 1. The third kappa shape index (κ3) is 3.43. The molecule has 0 aliphatic carbocycles. The lowest BCUT2D eigenvalue weighted by molar-refractivity contribution is -0.0147. The van der Waals surface area contributed by atoms with Crippen molar-refractivity contribution in [2.75, 3.05) is 6.61 Å². The largest absolute Gasteiger partial charge is 0.394 e. The lowest BCUT2D eigenvalue weighted by atomic mass is 10.0. The highest BCUT2D eigenvalue weighted by Gasteiger charge is 2.19. The fraction of sp³-hybridized carbons (Fsp3) is 0.364. The Kier molecular flexibility index (Phi) is 4.42. The van der Waals surface area contributed by atoms with Crippen LogP contribution in [0.15, 0.2) is 30.3 Å². The topological polar surface area (TPSA) is 77.8 Å². The summed E-state index contributed by atoms with van der Waals surface area (Å²) in [5.41, 5.74) is 0.488. The molecule has 2 atom stereocenters. The number of ketones is 1. The number of benzene rings is 1. The summed E-state index contributed by atoms with van der Waals surface area (Å²) in [5, 5.41) is 27.0. The van der Waals surface area contributed by atoms with E-state index in [9.17, 15) is 9.90 Å². The number of carbonyl (C=O) groups excluding carboxylic acids is 1. The average molecular weight is 210 g/mol. The van der Waals surface area contributed by atoms with Gasteiger partial charge in [-0.3, -0.25) is 4.79 Å². The van der Waals surface area contributed by atoms with Gasteiger partial charge in [0.25, 0.3) is 0 Å². The van der Waals surface area contributed by atoms with E-state index in [1.165, 1.54) is 0 Å². The summed E-state index contributed by atoms with van der Waals surface area (Å²) in [6.07, 6.45) is -2.67. The molecule has 0 bridgehead atoms. The molecular formula is C11H14O4. The van der Waals surface area contributed by atoms with Gasteiger partial charge < -0.3 is 15.3 Å². The van der Waals surface area contributed by atoms with Crippen molar-refractivity contribution in [3.8, 4) is 0 Å². The lowest BCUT2D eigenvalue weighted by Crippen LogP contribution is -2.31. The van der Waals surface area contributed by atoms with E-state index in [1.54, 1.807) is 30.3 Å². The van der Waals surface area contributed by atoms with E-state index in [-0.39, 0.29) is 12.2 Å². The number of rotatable bonds is 5. The van der Waals surface area contributed by atoms with Crippen LogP contribution in [0.25, 0.3) is 0 Å². The molecular weight excluding hydrogens is 196 g/mol. The zero-order chi connectivity index (χ0) is 11.3. The molecule has 0 radical (unpaired) electrons. The van der Waals surface area contributed by atoms with Gasteiger partial charge in [-0.2, -0.15) is 0 Å². The Morgan fingerprint density at radius 1 is 1.13 bits per heavy atom. The van der Waals surface area contributed by atoms with Crippen LogP contribution in [0.5, 0.6) is 0 Å². The van der Waals surface area contributed by atoms with Crippen LogP contribution in [0.1, 0.15) is 16.8 Å². The third-order valence-electron chi connectivity index (χ3n) is 2.12. The fourth-order valence-corrected chi connectivity index (χ4v) is 1.19. The summed E-state index contributed by atoms with van der Waals surface area (Å²) in [6.45, 7) is -0.552. The van der Waals surface area contributed by atoms with Crippen molar-refractivity contribution in [2.45, 2.75) is 18.6 Å². The first kappa shape index (κ1) is 11.8. The lowest BCUT2D eigenvalue weighted by Gasteiger charge is -2.14. The van der Waals surface area contributed by atoms with Crippen molar-refractivity contribution in [1.82, 2.24) is 0 Å². The summed E-state index contributed by atoms with van der Waals surface area (Å²) in [4.78, 5) is 11.5. The van der Waals surface area contributed by atoms with E-state index in [0.717, 1.165) is 0 Å². The van der Waals surface area contributed by atoms with E-state index < -0.39 is 18.8 Å². The van der Waals surface area contributed by atoms with Crippen molar-refractivity contribution in [3.05, 3.63) is 35.9 Å². The van der Waals surface area contributed by atoms with Crippen molar-refractivity contribution in [1.29, 1.82) is 0 Å². The highest BCUT2D eigenvalue weighted by Crippen LogP contribution is 2.07. The maximum absolute atomic E-state index is 11.5. The van der Waals surface area contributed by atoms with Crippen LogP contribution in [-0.2, 0) is 0 Å². The summed E-state index contributed by atoms with van der Waals surface area (Å²) >= 11 is 0. The van der Waals surface area contributed by atoms with Gasteiger partial charge in [0.05, 0.1) is 12.7 Å². The van der Waals surface area contributed by atoms with Gasteiger partial charge >= 0.3 is 0 Å². The third-order valence-corrected chi connectivity index (χ3v) is 2.12. The van der Waals surface area contributed by atoms with Crippen LogP contribution >= 0.6 is 0 Å². The monoisotopic (exact) mass is 210 g/mol. The van der Waals surface area contributed by atoms with Crippen molar-refractivity contribution < 1.29 is 20.1 Å². The number of aliphatic hydroxyl groups is 3. The molecule has 0 heterocycles. The minimum Gasteiger partial charge on any atom is -0.394 e. The predicted octanol–water partition coefficient (Wildman–Crippen LogP) is -0.0265. The molecule has 0 amide bonds. The highest BCUT2D eigenvalue weighted by molar-refractivity contribution is 5.96. The molecule has 1 aromatic rings. The van der Waals surface area contributed by atoms with E-state index in [4.69, 9.17) is 10.2 Å². The fourth-order valence-electron chi connectivity index (χ4n) is 1.19. The Balaban J connectivity index is 2.57. The van der Waals surface area contributed by atoms with Crippen LogP contribution in [0.3, 0.4) is 0 Å². The van der Waals surface area contributed by atoms with Gasteiger partial charge in [-0.05, 0) is 0 Å². The van der Waals surface area contributed by atoms with Crippen LogP contribution in [0.4, 0.5) is 0 Å². The minimum atomic E-state index is -1.27. The van der Waals surface area contributed by atoms with Crippen LogP contribution in [0.2, 0.25) is 0 Å². The normalized spacial score (nSPS) is 14.6. The van der Waals surface area contributed by atoms with E-state index in [2.05, 4.69) is 0 Å². The molecule has 82 valence electrons. The SMILES string of the molecule is O=C(CC(O)C(O)CO)c1ccccc1. The molecule has 1 rings (SSSR count). The summed E-state index contributed by atoms with van der Waals surface area (Å²) in [7, 11) is 0. The molecule has 1 aromatic carbocycles. The summed E-state index contributed by atoms with van der Waals surface area (Å²) in [6, 6.07) is 8.51. The molecule has 0 aliphatic heterocycles. The molecule has 0 aliphatic rings. The summed E-state index contributed by atoms with van der Waals surface area (Å²) < 4.78 is 0. The van der Waals surface area contributed by atoms with Crippen molar-refractivity contribution >= 4 is 5.78 Å². The maximum atomic E-state index is 11.5. The van der Waals surface area contributed by atoms with Crippen LogP contribution in [-0.4, -0.2) is 39.9 Å². The van der Waals surface area contributed by atoms with Gasteiger partial charge in [0.2, 0.25) is 0 Å². The molecule has 0 fully saturated rings. The zero-order valence-corrected chi connectivity index (χ0v) is 8.21. The Morgan fingerprint density at radius 3 is 2.27 bits per heavy atom. The molecule has 0 aromatic heterocycles. The number of hydrogen-bond donors (Lipinski definition) is 3. The highest BCUT2D eigenvalue weighted by atomic mass is 16.4. The first-order chi connectivity index (χ1) is 7.15. The van der Waals surface area contributed by atoms with E-state index >= 15 is 0 Å². The van der Waals surface area contributed by atoms with Crippen LogP contribution < -0.4 is 0 Å². The predicted molar refractivity (Wildman–Crippen MR) is 54.5 cm³/mol. The Morgan fingerprint density at radius 2 is 1.73 bits per heavy atom. The molecule has 4 nitrogen and oxygen atoms in total. The maximum Gasteiger partial charge on any atom is 0.165 e. The van der Waals surface area contributed by atoms with Gasteiger partial charge in [0.15, 0.2) is 5.78 Å². The molecule has 0 saturated carbocycles. The van der Waals surface area contributed by atoms with E-state index in [0.29, 0.717) is 5.56 Å². The van der Waals surface area contributed by atoms with Crippen molar-refractivity contribution in [3.63, 3.8) is 0 Å². The second-order valence-corrected chi connectivity index (χ2v) is 3.31. The second kappa shape index (κ2) is 5.60. The first-order valence-corrected chi connectivity index (χ1v) is 4.70. The molecule has 4 heteroatoms. The minimum absolute atomic E-state index is 0.189. The molecule has 0 spiro atoms. The molecule has 2 unspecified atom stereocenters. The average Bonchev–Trinajstić information content (AvgIpc) is 2.29. The standard InChI is InChI=1S/C11H14O4/c12-7-11(15)10(14)6-9(13)8-4-2-1-3-5-8/h1-5,10-12,14-15H,6-7H2. The smallest absolute Gasteiger partial charge is 0.165 e. The quantitative estimate of drug-likeness (QED) is 0.596. The van der Waals surface area contributed by atoms with Crippen molar-refractivity contribution in [2.24, 2.45) is 0 Å². The molecule has 15 heavy (non-hydrogen) atoms. The number of hydrogen-bond acceptors (Lipinski definition) is 4. The van der Waals surface area contributed by atoms with Gasteiger partial charge in [-0.1, -0.05) is 30.3 Å². The van der Waals surface area contributed by atoms with Gasteiger partial charge in [0.1, 0.15) is 6.10 Å². The van der Waals surface area contributed by atoms with Gasteiger partial charge in [0, 0.05) is 12.0 Å². The molecule has 3 N–H and O–H groups in total. The second-order valence-electron chi connectivity index (χ2n) is 3.31.